The zero-order valence-electron chi connectivity index (χ0n) is 21.5. The largest absolute Gasteiger partial charge is 0.493 e. The molecular formula is C27H28ClF2N5O3. The Morgan fingerprint density at radius 1 is 1.16 bits per heavy atom. The summed E-state index contributed by atoms with van der Waals surface area (Å²) in [6.45, 7) is 5.83. The molecule has 200 valence electrons. The summed E-state index contributed by atoms with van der Waals surface area (Å²) in [5.41, 5.74) is 0.253. The number of rotatable bonds is 7. The van der Waals surface area contributed by atoms with E-state index in [1.54, 1.807) is 27.8 Å². The first kappa shape index (κ1) is 27.3. The Morgan fingerprint density at radius 2 is 1.89 bits per heavy atom. The molecule has 4 rings (SSSR count). The summed E-state index contributed by atoms with van der Waals surface area (Å²) in [5.74, 6) is -1.51. The monoisotopic (exact) mass is 543 g/mol. The zero-order chi connectivity index (χ0) is 27.4. The van der Waals surface area contributed by atoms with Gasteiger partial charge in [-0.3, -0.25) is 0 Å². The molecule has 0 N–H and O–H groups in total. The van der Waals surface area contributed by atoms with Crippen LogP contribution < -0.4 is 4.74 Å². The maximum atomic E-state index is 15.5. The van der Waals surface area contributed by atoms with Gasteiger partial charge in [-0.25, -0.2) is 13.6 Å². The summed E-state index contributed by atoms with van der Waals surface area (Å²) in [6.07, 6.45) is 11.1. The van der Waals surface area contributed by atoms with Gasteiger partial charge in [0.1, 0.15) is 34.5 Å². The Morgan fingerprint density at radius 3 is 2.61 bits per heavy atom. The van der Waals surface area contributed by atoms with Crippen molar-refractivity contribution >= 4 is 29.0 Å². The lowest BCUT2D eigenvalue weighted by molar-refractivity contribution is 0.0292. The van der Waals surface area contributed by atoms with Gasteiger partial charge in [0.2, 0.25) is 0 Å². The molecule has 0 saturated heterocycles. The number of carbonyl (C=O) groups is 1. The Bertz CT molecular complexity index is 1420. The molecule has 0 atom stereocenters. The SMILES string of the molecule is CN(CCCOc1cc(F)c(-c2c(Cl)nc3ncnn3c2C2=CC=CC=CC2)c(F)c1)C(=O)OC(C)(C)C. The maximum absolute atomic E-state index is 15.5. The van der Waals surface area contributed by atoms with Crippen LogP contribution in [-0.4, -0.2) is 56.4 Å². The van der Waals surface area contributed by atoms with Gasteiger partial charge in [0, 0.05) is 25.7 Å². The molecule has 0 saturated carbocycles. The molecule has 1 amide bonds. The first-order valence-corrected chi connectivity index (χ1v) is 12.4. The van der Waals surface area contributed by atoms with E-state index < -0.39 is 23.3 Å². The van der Waals surface area contributed by atoms with Crippen molar-refractivity contribution in [3.8, 4) is 16.9 Å². The summed E-state index contributed by atoms with van der Waals surface area (Å²) in [5, 5.41) is 4.11. The van der Waals surface area contributed by atoms with E-state index in [1.807, 2.05) is 30.4 Å². The fourth-order valence-corrected chi connectivity index (χ4v) is 4.14. The highest BCUT2D eigenvalue weighted by Crippen LogP contribution is 2.40. The van der Waals surface area contributed by atoms with E-state index in [0.717, 1.165) is 17.7 Å². The minimum absolute atomic E-state index is 0.00989. The van der Waals surface area contributed by atoms with Gasteiger partial charge in [0.05, 0.1) is 23.4 Å². The average Bonchev–Trinajstić information content (AvgIpc) is 3.12. The van der Waals surface area contributed by atoms with Crippen LogP contribution in [0.2, 0.25) is 5.15 Å². The number of benzene rings is 1. The van der Waals surface area contributed by atoms with Crippen LogP contribution in [0.5, 0.6) is 5.75 Å². The van der Waals surface area contributed by atoms with Crippen LogP contribution in [0, 0.1) is 11.6 Å². The minimum Gasteiger partial charge on any atom is -0.493 e. The lowest BCUT2D eigenvalue weighted by Crippen LogP contribution is -2.35. The van der Waals surface area contributed by atoms with Gasteiger partial charge >= 0.3 is 6.09 Å². The zero-order valence-corrected chi connectivity index (χ0v) is 22.3. The molecule has 1 aromatic carbocycles. The third kappa shape index (κ3) is 6.19. The number of hydrogen-bond donors (Lipinski definition) is 0. The molecule has 0 bridgehead atoms. The highest BCUT2D eigenvalue weighted by Gasteiger charge is 2.26. The van der Waals surface area contributed by atoms with Crippen LogP contribution in [0.15, 0.2) is 48.8 Å². The molecule has 2 aromatic heterocycles. The van der Waals surface area contributed by atoms with Crippen LogP contribution in [0.4, 0.5) is 13.6 Å². The van der Waals surface area contributed by atoms with Crippen molar-refractivity contribution in [2.45, 2.75) is 39.2 Å². The van der Waals surface area contributed by atoms with Crippen molar-refractivity contribution < 1.29 is 23.0 Å². The summed E-state index contributed by atoms with van der Waals surface area (Å²) in [7, 11) is 1.61. The van der Waals surface area contributed by atoms with Crippen LogP contribution in [0.25, 0.3) is 22.5 Å². The molecule has 2 heterocycles. The molecule has 0 aliphatic heterocycles. The maximum Gasteiger partial charge on any atom is 0.410 e. The average molecular weight is 544 g/mol. The smallest absolute Gasteiger partial charge is 0.410 e. The number of halogens is 3. The molecule has 11 heteroatoms. The Hall–Kier alpha value is -3.79. The topological polar surface area (TPSA) is 81.9 Å². The molecule has 8 nitrogen and oxygen atoms in total. The molecular weight excluding hydrogens is 516 g/mol. The van der Waals surface area contributed by atoms with Crippen LogP contribution in [0.1, 0.15) is 39.3 Å². The molecule has 0 unspecified atom stereocenters. The van der Waals surface area contributed by atoms with E-state index in [-0.39, 0.29) is 34.4 Å². The Balaban J connectivity index is 1.58. The molecule has 0 spiro atoms. The Labute approximate surface area is 224 Å². The fraction of sp³-hybridized carbons (Fsp3) is 0.333. The number of fused-ring (bicyclic) bond motifs is 1. The van der Waals surface area contributed by atoms with Crippen molar-refractivity contribution in [3.63, 3.8) is 0 Å². The second-order valence-electron chi connectivity index (χ2n) is 9.67. The van der Waals surface area contributed by atoms with E-state index in [0.29, 0.717) is 25.1 Å². The highest BCUT2D eigenvalue weighted by atomic mass is 35.5. The molecule has 0 radical (unpaired) electrons. The van der Waals surface area contributed by atoms with E-state index >= 15 is 8.78 Å². The number of carbonyl (C=O) groups excluding carboxylic acids is 1. The predicted molar refractivity (Wildman–Crippen MR) is 141 cm³/mol. The van der Waals surface area contributed by atoms with Crippen molar-refractivity contribution in [2.24, 2.45) is 0 Å². The number of allylic oxidation sites excluding steroid dienone is 6. The first-order chi connectivity index (χ1) is 18.0. The third-order valence-corrected chi connectivity index (χ3v) is 5.83. The predicted octanol–water partition coefficient (Wildman–Crippen LogP) is 6.26. The van der Waals surface area contributed by atoms with E-state index in [9.17, 15) is 4.79 Å². The second kappa shape index (κ2) is 11.3. The van der Waals surface area contributed by atoms with Crippen LogP contribution in [0.3, 0.4) is 0 Å². The standard InChI is InChI=1S/C27H28ClF2N5O3/c1-27(2,3)38-26(36)34(4)12-9-13-37-18-14-19(29)21(20(30)15-18)22-23(17-10-7-5-6-8-11-17)35-25(31-16-32-35)33-24(22)28/h5-8,10,14-16H,9,11-13H2,1-4H3. The molecule has 38 heavy (non-hydrogen) atoms. The number of hydrogen-bond acceptors (Lipinski definition) is 6. The van der Waals surface area contributed by atoms with E-state index in [1.165, 1.54) is 15.7 Å². The van der Waals surface area contributed by atoms with Crippen molar-refractivity contribution in [3.05, 3.63) is 71.3 Å². The number of ether oxygens (including phenoxy) is 2. The van der Waals surface area contributed by atoms with Crippen molar-refractivity contribution in [2.75, 3.05) is 20.2 Å². The first-order valence-electron chi connectivity index (χ1n) is 12.0. The van der Waals surface area contributed by atoms with Crippen LogP contribution >= 0.6 is 11.6 Å². The lowest BCUT2D eigenvalue weighted by atomic mass is 9.97. The summed E-state index contributed by atoms with van der Waals surface area (Å²) in [6, 6.07) is 2.20. The number of amides is 1. The molecule has 0 fully saturated rings. The van der Waals surface area contributed by atoms with Gasteiger partial charge in [-0.2, -0.15) is 19.6 Å². The summed E-state index contributed by atoms with van der Waals surface area (Å²) < 4.78 is 43.2. The van der Waals surface area contributed by atoms with Crippen LogP contribution in [-0.2, 0) is 4.74 Å². The number of nitrogens with zero attached hydrogens (tertiary/aromatic N) is 5. The molecule has 1 aliphatic carbocycles. The van der Waals surface area contributed by atoms with Gasteiger partial charge < -0.3 is 14.4 Å². The van der Waals surface area contributed by atoms with E-state index in [2.05, 4.69) is 15.1 Å². The van der Waals surface area contributed by atoms with Crippen molar-refractivity contribution in [1.82, 2.24) is 24.5 Å². The highest BCUT2D eigenvalue weighted by molar-refractivity contribution is 6.32. The van der Waals surface area contributed by atoms with Gasteiger partial charge in [-0.15, -0.1) is 0 Å². The van der Waals surface area contributed by atoms with Gasteiger partial charge in [0.15, 0.2) is 0 Å². The second-order valence-corrected chi connectivity index (χ2v) is 10.0. The summed E-state index contributed by atoms with van der Waals surface area (Å²) in [4.78, 5) is 21.8. The lowest BCUT2D eigenvalue weighted by Gasteiger charge is -2.24. The molecule has 1 aliphatic rings. The van der Waals surface area contributed by atoms with E-state index in [4.69, 9.17) is 21.1 Å². The van der Waals surface area contributed by atoms with Gasteiger partial charge in [-0.05, 0) is 39.2 Å². The normalized spacial score (nSPS) is 13.4. The van der Waals surface area contributed by atoms with Gasteiger partial charge in [0.25, 0.3) is 5.78 Å². The number of aromatic nitrogens is 4. The third-order valence-electron chi connectivity index (χ3n) is 5.56. The van der Waals surface area contributed by atoms with Crippen molar-refractivity contribution in [1.29, 1.82) is 0 Å². The quantitative estimate of drug-likeness (QED) is 0.258. The minimum atomic E-state index is -0.865. The Kier molecular flexibility index (Phi) is 8.11. The van der Waals surface area contributed by atoms with Gasteiger partial charge in [-0.1, -0.05) is 42.0 Å². The fourth-order valence-electron chi connectivity index (χ4n) is 3.88. The summed E-state index contributed by atoms with van der Waals surface area (Å²) >= 11 is 6.48. The molecule has 3 aromatic rings.